The number of aryl methyl sites for hydroxylation is 4. The minimum absolute atomic E-state index is 0. The van der Waals surface area contributed by atoms with Crippen LogP contribution in [0.2, 0.25) is 0 Å². The molecule has 4 rings (SSSR count). The van der Waals surface area contributed by atoms with Crippen LogP contribution in [0.25, 0.3) is 21.5 Å². The molecule has 0 radical (unpaired) electrons. The van der Waals surface area contributed by atoms with E-state index < -0.39 is 20.2 Å². The van der Waals surface area contributed by atoms with Crippen molar-refractivity contribution in [3.05, 3.63) is 82.9 Å². The zero-order valence-corrected chi connectivity index (χ0v) is 47.4. The van der Waals surface area contributed by atoms with E-state index in [-0.39, 0.29) is 58.7 Å². The van der Waals surface area contributed by atoms with E-state index in [2.05, 4.69) is 64.1 Å². The Morgan fingerprint density at radius 3 is 0.862 bits per heavy atom. The Hall–Kier alpha value is -1.21. The topological polar surface area (TPSA) is 114 Å². The van der Waals surface area contributed by atoms with E-state index >= 15 is 0 Å². The van der Waals surface area contributed by atoms with E-state index in [1.165, 1.54) is 152 Å². The van der Waals surface area contributed by atoms with Gasteiger partial charge in [-0.15, -0.1) is 0 Å². The van der Waals surface area contributed by atoms with Gasteiger partial charge in [0.1, 0.15) is 20.2 Å². The van der Waals surface area contributed by atoms with Gasteiger partial charge >= 0.3 is 48.9 Å². The van der Waals surface area contributed by atoms with Crippen molar-refractivity contribution in [2.45, 2.75) is 243 Å². The van der Waals surface area contributed by atoms with E-state index in [0.717, 1.165) is 72.9 Å². The average Bonchev–Trinajstić information content (AvgIpc) is 3.26. The first-order valence-corrected chi connectivity index (χ1v) is 28.8. The van der Waals surface area contributed by atoms with Gasteiger partial charge in [0.15, 0.2) is 0 Å². The van der Waals surface area contributed by atoms with Crippen molar-refractivity contribution in [1.82, 2.24) is 0 Å². The van der Waals surface area contributed by atoms with Crippen molar-refractivity contribution in [1.29, 1.82) is 0 Å². The summed E-state index contributed by atoms with van der Waals surface area (Å²) in [5.41, 5.74) is 3.81. The summed E-state index contributed by atoms with van der Waals surface area (Å²) >= 11 is 0. The quantitative estimate of drug-likeness (QED) is 0.0261. The zero-order chi connectivity index (χ0) is 46.5. The number of hydrogen-bond acceptors (Lipinski definition) is 6. The summed E-state index contributed by atoms with van der Waals surface area (Å²) in [4.78, 5) is -0.0480. The van der Waals surface area contributed by atoms with Gasteiger partial charge in [-0.3, -0.25) is 0 Å². The summed E-state index contributed by atoms with van der Waals surface area (Å²) < 4.78 is 71.7. The molecule has 0 heterocycles. The molecule has 0 aliphatic carbocycles. The summed E-state index contributed by atoms with van der Waals surface area (Å²) in [5, 5.41) is 3.78. The van der Waals surface area contributed by atoms with Crippen molar-refractivity contribution in [3.8, 4) is 0 Å². The van der Waals surface area contributed by atoms with Crippen LogP contribution in [0.15, 0.2) is 70.5 Å². The van der Waals surface area contributed by atoms with E-state index in [4.69, 9.17) is 0 Å². The van der Waals surface area contributed by atoms with Crippen LogP contribution in [-0.4, -0.2) is 74.8 Å². The van der Waals surface area contributed by atoms with Crippen LogP contribution < -0.4 is 0 Å². The predicted molar refractivity (Wildman–Crippen MR) is 276 cm³/mol. The Morgan fingerprint density at radius 2 is 0.585 bits per heavy atom. The summed E-state index contributed by atoms with van der Waals surface area (Å²) in [6.45, 7) is 8.90. The minimum Gasteiger partial charge on any atom is -0.744 e. The van der Waals surface area contributed by atoms with Crippen LogP contribution in [0.3, 0.4) is 0 Å². The molecule has 0 aliphatic rings. The maximum Gasteiger partial charge on any atom is 2.00 e. The van der Waals surface area contributed by atoms with Crippen molar-refractivity contribution in [3.63, 3.8) is 0 Å². The Labute approximate surface area is 438 Å². The van der Waals surface area contributed by atoms with Crippen LogP contribution in [0.4, 0.5) is 0 Å². The second-order valence-corrected chi connectivity index (χ2v) is 21.4. The fourth-order valence-corrected chi connectivity index (χ4v) is 10.5. The molecule has 9 heteroatoms. The number of unbranched alkanes of at least 4 members (excludes halogenated alkanes) is 24. The van der Waals surface area contributed by atoms with Crippen molar-refractivity contribution >= 4 is 90.7 Å². The summed E-state index contributed by atoms with van der Waals surface area (Å²) in [7, 11) is -8.95. The molecule has 0 aliphatic heterocycles. The van der Waals surface area contributed by atoms with Gasteiger partial charge in [-0.05, 0) is 119 Å². The zero-order valence-electron chi connectivity index (χ0n) is 41.4. The van der Waals surface area contributed by atoms with Crippen molar-refractivity contribution in [2.24, 2.45) is 0 Å². The van der Waals surface area contributed by atoms with Gasteiger partial charge in [0, 0.05) is 0 Å². The number of benzene rings is 4. The third-order valence-corrected chi connectivity index (χ3v) is 14.8. The maximum atomic E-state index is 12.0. The molecule has 0 saturated heterocycles. The first-order valence-electron chi connectivity index (χ1n) is 25.9. The first kappa shape index (κ1) is 59.9. The normalized spacial score (nSPS) is 11.8. The number of fused-ring (bicyclic) bond motifs is 2. The molecule has 4 aromatic carbocycles. The molecule has 4 aromatic rings. The second-order valence-electron chi connectivity index (χ2n) is 18.7. The van der Waals surface area contributed by atoms with Gasteiger partial charge in [0.05, 0.1) is 9.79 Å². The van der Waals surface area contributed by atoms with Crippen molar-refractivity contribution < 1.29 is 25.9 Å². The maximum absolute atomic E-state index is 12.0. The molecular weight excluding hydrogens is 970 g/mol. The standard InChI is InChI=1S/2C28H44O3S.Ba/c2*1-3-5-7-9-11-13-15-17-24-19-20-25-22-26(18-16-14-12-10-8-6-4-2)28(32(29,30)31)23-27(25)21-24;/h2*19-23H,3-18H2,1-2H3,(H,29,30,31);/q;;+2/p-2. The van der Waals surface area contributed by atoms with Crippen LogP contribution >= 0.6 is 0 Å². The molecule has 0 saturated carbocycles. The summed E-state index contributed by atoms with van der Waals surface area (Å²) in [6, 6.07) is 19.7. The molecule has 0 atom stereocenters. The summed E-state index contributed by atoms with van der Waals surface area (Å²) in [6.07, 6.45) is 37.6. The van der Waals surface area contributed by atoms with Crippen LogP contribution in [-0.2, 0) is 45.9 Å². The molecule has 0 unspecified atom stereocenters. The van der Waals surface area contributed by atoms with Crippen LogP contribution in [0, 0.1) is 0 Å². The Balaban J connectivity index is 0.000000440. The number of hydrogen-bond donors (Lipinski definition) is 0. The van der Waals surface area contributed by atoms with Gasteiger partial charge in [0.25, 0.3) is 0 Å². The second kappa shape index (κ2) is 35.0. The molecular formula is C56H86BaO6S2. The predicted octanol–water partition coefficient (Wildman–Crippen LogP) is 16.3. The molecule has 0 bridgehead atoms. The largest absolute Gasteiger partial charge is 2.00 e. The third-order valence-electron chi connectivity index (χ3n) is 12.9. The third kappa shape index (κ3) is 24.8. The van der Waals surface area contributed by atoms with Crippen LogP contribution in [0.5, 0.6) is 0 Å². The Bertz CT molecular complexity index is 1960. The first-order chi connectivity index (χ1) is 30.9. The molecule has 0 spiro atoms. The smallest absolute Gasteiger partial charge is 0.744 e. The molecule has 65 heavy (non-hydrogen) atoms. The molecule has 0 aromatic heterocycles. The fourth-order valence-electron chi connectivity index (χ4n) is 9.03. The number of rotatable bonds is 34. The molecule has 360 valence electrons. The fraction of sp³-hybridized carbons (Fsp3) is 0.643. The van der Waals surface area contributed by atoms with Gasteiger partial charge in [-0.1, -0.05) is 218 Å². The molecule has 0 N–H and O–H groups in total. The Kier molecular flexibility index (Phi) is 32.2. The molecule has 6 nitrogen and oxygen atoms in total. The Morgan fingerprint density at radius 1 is 0.323 bits per heavy atom. The monoisotopic (exact) mass is 1060 g/mol. The summed E-state index contributed by atoms with van der Waals surface area (Å²) in [5.74, 6) is 0. The molecule has 0 amide bonds. The average molecular weight is 1060 g/mol. The van der Waals surface area contributed by atoms with E-state index in [9.17, 15) is 25.9 Å². The van der Waals surface area contributed by atoms with Gasteiger partial charge in [-0.25, -0.2) is 16.8 Å². The van der Waals surface area contributed by atoms with Gasteiger partial charge in [-0.2, -0.15) is 0 Å². The van der Waals surface area contributed by atoms with Gasteiger partial charge < -0.3 is 9.11 Å². The van der Waals surface area contributed by atoms with E-state index in [1.54, 1.807) is 12.1 Å². The van der Waals surface area contributed by atoms with Crippen LogP contribution in [0.1, 0.15) is 230 Å². The molecule has 0 fully saturated rings. The SMILES string of the molecule is CCCCCCCCCc1ccc2cc(CCCCCCCCC)c(S(=O)(=O)[O-])cc2c1.CCCCCCCCCc1ccc2cc(CCCCCCCCC)c(S(=O)(=O)[O-])cc2c1.[Ba+2]. The van der Waals surface area contributed by atoms with E-state index in [0.29, 0.717) is 24.0 Å². The minimum atomic E-state index is -4.47. The van der Waals surface area contributed by atoms with E-state index in [1.807, 2.05) is 12.1 Å². The van der Waals surface area contributed by atoms with Gasteiger partial charge in [0.2, 0.25) is 0 Å². The van der Waals surface area contributed by atoms with Crippen molar-refractivity contribution in [2.75, 3.05) is 0 Å².